The van der Waals surface area contributed by atoms with Crippen molar-refractivity contribution in [3.63, 3.8) is 0 Å². The number of anilines is 2. The minimum Gasteiger partial charge on any atom is -0.481 e. The van der Waals surface area contributed by atoms with Crippen LogP contribution in [0.3, 0.4) is 0 Å². The van der Waals surface area contributed by atoms with Gasteiger partial charge in [-0.3, -0.25) is 91.1 Å². The Morgan fingerprint density at radius 3 is 1.65 bits per heavy atom. The van der Waals surface area contributed by atoms with Gasteiger partial charge in [-0.15, -0.1) is 0 Å². The van der Waals surface area contributed by atoms with Gasteiger partial charge in [-0.25, -0.2) is 4.79 Å². The van der Waals surface area contributed by atoms with Crippen molar-refractivity contribution in [2.75, 3.05) is 50.0 Å². The second-order valence-electron chi connectivity index (χ2n) is 28.2. The molecule has 0 unspecified atom stereocenters. The Labute approximate surface area is 671 Å². The first-order valence-corrected chi connectivity index (χ1v) is 38.1. The lowest BCUT2D eigenvalue weighted by Gasteiger charge is -2.30. The Morgan fingerprint density at radius 2 is 1.08 bits per heavy atom. The minimum atomic E-state index is -2.44. The predicted octanol–water partition coefficient (Wildman–Crippen LogP) is -5.50. The Hall–Kier alpha value is -12.4. The van der Waals surface area contributed by atoms with Crippen molar-refractivity contribution >= 4 is 130 Å². The van der Waals surface area contributed by atoms with Crippen LogP contribution < -0.4 is 91.2 Å². The number of Topliss-reactive ketones (excluding diaryl/α,β-unsaturated/α-hetero) is 1. The van der Waals surface area contributed by atoms with Crippen molar-refractivity contribution in [1.82, 2.24) is 69.1 Å². The van der Waals surface area contributed by atoms with Crippen molar-refractivity contribution in [1.29, 1.82) is 0 Å². The summed E-state index contributed by atoms with van der Waals surface area (Å²) in [5.41, 5.74) is 18.4. The third-order valence-electron chi connectivity index (χ3n) is 18.6. The largest absolute Gasteiger partial charge is 0.481 e. The second kappa shape index (κ2) is 49.4. The molecule has 14 amide bonds. The van der Waals surface area contributed by atoms with Gasteiger partial charge in [0.1, 0.15) is 72.6 Å². The number of cyclic esters (lactones) is 1. The monoisotopic (exact) mass is 1650 g/mol. The van der Waals surface area contributed by atoms with Crippen LogP contribution in [0.15, 0.2) is 48.5 Å². The second-order valence-corrected chi connectivity index (χ2v) is 28.2. The molecular weight excluding hydrogens is 1540 g/mol. The SMILES string of the molecule is CCCCCCCCCC(=O)N[C@@H](Cc1ccc(N2CCCC2)cc1)C(=O)N[C@H](CC(N)=O)C(=O)N[C@@H](CC(=O)O)C(=O)N[C@@H]1C(=O)NCC(=O)N[C@@H](CCCN)C(=O)N[C@@H](CC(=O)O)C(=O)N[C@H](C)C(=O)N[C@@H](CC(=O)O)C(=O)NCC(=O)N[C@H](CO)C(=O)N[C@@H]([C@H](C)CC(=O)O)C(=O)N[C@@H](CC(=O)c2ccccc2N)C(=O)O[C@@H]1C. The molecule has 2 aromatic carbocycles. The normalized spacial score (nSPS) is 21.7. The maximum absolute atomic E-state index is 14.9. The lowest BCUT2D eigenvalue weighted by Crippen LogP contribution is -2.62. The van der Waals surface area contributed by atoms with E-state index in [0.717, 1.165) is 84.5 Å². The van der Waals surface area contributed by atoms with Crippen LogP contribution in [-0.2, 0) is 102 Å². The molecule has 0 spiro atoms. The van der Waals surface area contributed by atoms with Gasteiger partial charge in [-0.05, 0) is 88.2 Å². The van der Waals surface area contributed by atoms with Crippen molar-refractivity contribution in [3.8, 4) is 0 Å². The smallest absolute Gasteiger partial charge is 0.329 e. The van der Waals surface area contributed by atoms with E-state index in [1.165, 1.54) is 24.3 Å². The van der Waals surface area contributed by atoms with E-state index in [4.69, 9.17) is 21.9 Å². The van der Waals surface area contributed by atoms with Gasteiger partial charge < -0.3 is 121 Å². The standard InChI is InChI=1S/C74H107N17O26/c1-5-6-7-8-9-10-11-20-55(95)82-46(29-41-21-23-42(24-22-41)91-26-14-15-27-91)68(110)85-47(31-54(77)94)69(111)87-50(34-61(104)105)70(112)90-63-40(4)117-74(116)51(30-53(93)43-17-12-13-18-44(43)76)88-73(115)62(38(2)28-58(98)99)89-71(113)52(37-92)83-57(97)35-78-65(107)48(32-59(100)101)84-64(106)39(3)80-67(109)49(33-60(102)103)86-66(108)45(19-16-25-75)81-56(96)36-79-72(63)114/h12-13,17-18,21-24,38-40,45-52,62-63,92H,5-11,14-16,19-20,25-37,75-76H2,1-4H3,(H2,77,94)(H,78,107)(H,79,114)(H,80,109)(H,81,96)(H,82,95)(H,83,97)(H,84,106)(H,85,110)(H,86,108)(H,87,111)(H,88,115)(H,89,113)(H,90,112)(H,98,99)(H,100,101)(H,102,103)(H,104,105)/t38-,39-,40-,45+,46+,47-,48+,49+,50+,51+,52-,62+,63+/m1/s1. The van der Waals surface area contributed by atoms with Crippen molar-refractivity contribution in [2.45, 2.75) is 222 Å². The zero-order valence-electron chi connectivity index (χ0n) is 65.3. The number of primary amides is 1. The molecule has 0 aliphatic carbocycles. The number of carbonyl (C=O) groups excluding carboxylic acids is 16. The molecule has 2 aliphatic rings. The van der Waals surface area contributed by atoms with Gasteiger partial charge in [0.05, 0.1) is 51.8 Å². The summed E-state index contributed by atoms with van der Waals surface area (Å²) in [5.74, 6) is -29.6. The van der Waals surface area contributed by atoms with Crippen LogP contribution in [0.5, 0.6) is 0 Å². The fourth-order valence-corrected chi connectivity index (χ4v) is 12.3. The van der Waals surface area contributed by atoms with Crippen LogP contribution in [0.25, 0.3) is 0 Å². The molecule has 0 radical (unpaired) electrons. The van der Waals surface area contributed by atoms with Crippen LogP contribution in [0.1, 0.15) is 159 Å². The molecule has 644 valence electrons. The number of para-hydroxylation sites is 1. The number of aliphatic hydroxyl groups is 1. The first kappa shape index (κ1) is 96.9. The average molecular weight is 1650 g/mol. The first-order valence-electron chi connectivity index (χ1n) is 38.1. The van der Waals surface area contributed by atoms with Gasteiger partial charge in [0, 0.05) is 49.3 Å². The molecule has 0 bridgehead atoms. The third-order valence-corrected chi connectivity index (χ3v) is 18.6. The number of aliphatic hydroxyl groups excluding tert-OH is 1. The number of carboxylic acid groups (broad SMARTS) is 4. The summed E-state index contributed by atoms with van der Waals surface area (Å²) in [4.78, 5) is 276. The van der Waals surface area contributed by atoms with Gasteiger partial charge in [0.2, 0.25) is 82.7 Å². The summed E-state index contributed by atoms with van der Waals surface area (Å²) < 4.78 is 5.69. The van der Waals surface area contributed by atoms with E-state index in [1.54, 1.807) is 12.1 Å². The summed E-state index contributed by atoms with van der Waals surface area (Å²) >= 11 is 0. The Kier molecular flexibility index (Phi) is 40.9. The third kappa shape index (κ3) is 34.3. The highest BCUT2D eigenvalue weighted by Gasteiger charge is 2.41. The number of hydrogen-bond acceptors (Lipinski definition) is 25. The van der Waals surface area contributed by atoms with E-state index >= 15 is 0 Å². The predicted molar refractivity (Wildman–Crippen MR) is 410 cm³/mol. The molecule has 43 nitrogen and oxygen atoms in total. The maximum atomic E-state index is 14.9. The molecule has 2 saturated heterocycles. The minimum absolute atomic E-state index is 0.00470. The number of nitrogen functional groups attached to an aromatic ring is 1. The van der Waals surface area contributed by atoms with E-state index in [1.807, 2.05) is 28.1 Å². The Bertz CT molecular complexity index is 3900. The number of nitrogens with two attached hydrogens (primary N) is 3. The number of rotatable bonds is 36. The van der Waals surface area contributed by atoms with E-state index < -0.39 is 261 Å². The van der Waals surface area contributed by atoms with Gasteiger partial charge in [0.25, 0.3) is 0 Å². The van der Waals surface area contributed by atoms with Gasteiger partial charge in [-0.1, -0.05) is 76.6 Å². The average Bonchev–Trinajstić information content (AvgIpc) is 1.85. The summed E-state index contributed by atoms with van der Waals surface area (Å²) in [6.45, 7) is 2.77. The van der Waals surface area contributed by atoms with Crippen molar-refractivity contribution < 1.29 is 126 Å². The number of benzene rings is 2. The van der Waals surface area contributed by atoms with Crippen LogP contribution in [0, 0.1) is 5.92 Å². The number of amides is 14. The molecule has 4 rings (SSSR count). The highest BCUT2D eigenvalue weighted by Crippen LogP contribution is 2.23. The summed E-state index contributed by atoms with van der Waals surface area (Å²) in [6, 6.07) is -10.3. The number of aliphatic carboxylic acids is 4. The van der Waals surface area contributed by atoms with Gasteiger partial charge in [0.15, 0.2) is 5.78 Å². The van der Waals surface area contributed by atoms with Gasteiger partial charge >= 0.3 is 29.8 Å². The number of carboxylic acids is 4. The molecule has 117 heavy (non-hydrogen) atoms. The topological polar surface area (TPSA) is 689 Å². The fourth-order valence-electron chi connectivity index (χ4n) is 12.3. The molecule has 2 aromatic rings. The lowest BCUT2D eigenvalue weighted by atomic mass is 9.96. The molecule has 0 aromatic heterocycles. The zero-order valence-corrected chi connectivity index (χ0v) is 65.3. The first-order chi connectivity index (χ1) is 55.3. The zero-order chi connectivity index (χ0) is 87.2. The number of ketones is 1. The van der Waals surface area contributed by atoms with Crippen LogP contribution in [0.4, 0.5) is 11.4 Å². The van der Waals surface area contributed by atoms with E-state index in [2.05, 4.69) is 65.0 Å². The molecule has 2 aliphatic heterocycles. The lowest BCUT2D eigenvalue weighted by molar-refractivity contribution is -0.156. The number of esters is 1. The molecule has 0 saturated carbocycles. The summed E-state index contributed by atoms with van der Waals surface area (Å²) in [7, 11) is 0. The molecule has 13 atom stereocenters. The van der Waals surface area contributed by atoms with E-state index in [-0.39, 0.29) is 37.1 Å². The molecule has 2 heterocycles. The van der Waals surface area contributed by atoms with Crippen LogP contribution in [-0.4, -0.2) is 256 Å². The van der Waals surface area contributed by atoms with Crippen LogP contribution in [0.2, 0.25) is 0 Å². The Balaban J connectivity index is 1.87. The molecule has 2 fully saturated rings. The number of hydrogen-bond donors (Lipinski definition) is 21. The molecular formula is C74H107N17O26. The molecule has 24 N–H and O–H groups in total. The van der Waals surface area contributed by atoms with E-state index in [0.29, 0.717) is 18.4 Å². The summed E-state index contributed by atoms with van der Waals surface area (Å²) in [6.07, 6.45) is -1.82. The van der Waals surface area contributed by atoms with Gasteiger partial charge in [-0.2, -0.15) is 0 Å². The van der Waals surface area contributed by atoms with Crippen molar-refractivity contribution in [3.05, 3.63) is 59.7 Å². The highest BCUT2D eigenvalue weighted by molar-refractivity contribution is 6.05. The number of ether oxygens (including phenoxy) is 1. The quantitative estimate of drug-likeness (QED) is 0.0131. The van der Waals surface area contributed by atoms with Crippen molar-refractivity contribution in [2.24, 2.45) is 17.4 Å². The number of carbonyl (C=O) groups is 20. The Morgan fingerprint density at radius 1 is 0.547 bits per heavy atom. The number of nitrogens with zero attached hydrogens (tertiary/aromatic N) is 1. The highest BCUT2D eigenvalue weighted by atomic mass is 16.5. The number of nitrogens with one attached hydrogen (secondary N) is 13. The van der Waals surface area contributed by atoms with Crippen LogP contribution >= 0.6 is 0 Å². The maximum Gasteiger partial charge on any atom is 0.329 e. The van der Waals surface area contributed by atoms with E-state index in [9.17, 15) is 121 Å². The number of unbranched alkanes of at least 4 members (excludes halogenated alkanes) is 6. The molecule has 43 heteroatoms. The fraction of sp³-hybridized carbons (Fsp3) is 0.568. The summed E-state index contributed by atoms with van der Waals surface area (Å²) in [5, 5.41) is 78.2.